The van der Waals surface area contributed by atoms with E-state index >= 15 is 0 Å². The molecule has 0 bridgehead atoms. The molecule has 0 aliphatic carbocycles. The smallest absolute Gasteiger partial charge is 0.241 e. The molecule has 1 rings (SSSR count). The molecule has 74 valence electrons. The van der Waals surface area contributed by atoms with Gasteiger partial charge in [0.1, 0.15) is 11.5 Å². The molecule has 0 saturated carbocycles. The van der Waals surface area contributed by atoms with E-state index in [0.29, 0.717) is 11.3 Å². The summed E-state index contributed by atoms with van der Waals surface area (Å²) in [4.78, 5) is 10.4. The van der Waals surface area contributed by atoms with Gasteiger partial charge in [-0.1, -0.05) is 0 Å². The maximum atomic E-state index is 10.4. The van der Waals surface area contributed by atoms with E-state index in [9.17, 15) is 9.90 Å². The van der Waals surface area contributed by atoms with Gasteiger partial charge in [-0.3, -0.25) is 4.79 Å². The summed E-state index contributed by atoms with van der Waals surface area (Å²) in [5, 5.41) is 9.45. The highest BCUT2D eigenvalue weighted by Gasteiger charge is 1.99. The molecule has 3 N–H and O–H groups in total. The minimum absolute atomic E-state index is 0.0434. The monoisotopic (exact) mass is 193 g/mol. The van der Waals surface area contributed by atoms with Gasteiger partial charge in [-0.05, 0) is 18.2 Å². The van der Waals surface area contributed by atoms with E-state index in [1.807, 2.05) is 0 Å². The number of rotatable bonds is 3. The van der Waals surface area contributed by atoms with Crippen LogP contribution in [0.2, 0.25) is 0 Å². The number of nitrogens with two attached hydrogens (primary N) is 1. The highest BCUT2D eigenvalue weighted by atomic mass is 16.5. The number of amides is 1. The average Bonchev–Trinajstić information content (AvgIpc) is 2.15. The van der Waals surface area contributed by atoms with Crippen LogP contribution in [0.15, 0.2) is 24.3 Å². The van der Waals surface area contributed by atoms with Crippen molar-refractivity contribution in [3.05, 3.63) is 29.8 Å². The number of hydrogen-bond donors (Lipinski definition) is 2. The van der Waals surface area contributed by atoms with Crippen LogP contribution in [0.1, 0.15) is 5.56 Å². The van der Waals surface area contributed by atoms with Crippen LogP contribution in [-0.2, 0) is 4.79 Å². The lowest BCUT2D eigenvalue weighted by atomic mass is 10.2. The standard InChI is InChI=1S/C10H11NO3/c1-14-8-4-2-7(9(12)6-8)3-5-10(11)13/h2-6,12H,1H3,(H2,11,13). The molecule has 0 fully saturated rings. The van der Waals surface area contributed by atoms with Crippen molar-refractivity contribution in [3.63, 3.8) is 0 Å². The zero-order valence-corrected chi connectivity index (χ0v) is 7.73. The van der Waals surface area contributed by atoms with E-state index in [0.717, 1.165) is 0 Å². The Morgan fingerprint density at radius 3 is 2.79 bits per heavy atom. The predicted octanol–water partition coefficient (Wildman–Crippen LogP) is 0.899. The van der Waals surface area contributed by atoms with E-state index in [1.165, 1.54) is 25.3 Å². The second kappa shape index (κ2) is 4.32. The second-order valence-electron chi connectivity index (χ2n) is 2.66. The van der Waals surface area contributed by atoms with Gasteiger partial charge in [-0.2, -0.15) is 0 Å². The van der Waals surface area contributed by atoms with Gasteiger partial charge in [0.15, 0.2) is 0 Å². The lowest BCUT2D eigenvalue weighted by Gasteiger charge is -2.02. The number of phenols is 1. The molecule has 0 aliphatic rings. The number of benzene rings is 1. The Morgan fingerprint density at radius 2 is 2.29 bits per heavy atom. The van der Waals surface area contributed by atoms with Crippen molar-refractivity contribution in [1.29, 1.82) is 0 Å². The Bertz CT molecular complexity index is 372. The summed E-state index contributed by atoms with van der Waals surface area (Å²) in [6.45, 7) is 0. The van der Waals surface area contributed by atoms with Gasteiger partial charge in [0, 0.05) is 17.7 Å². The first-order chi connectivity index (χ1) is 6.63. The van der Waals surface area contributed by atoms with Gasteiger partial charge in [0.25, 0.3) is 0 Å². The third-order valence-electron chi connectivity index (χ3n) is 1.66. The first-order valence-corrected chi connectivity index (χ1v) is 3.98. The van der Waals surface area contributed by atoms with Crippen molar-refractivity contribution < 1.29 is 14.6 Å². The molecule has 14 heavy (non-hydrogen) atoms. The molecule has 0 heterocycles. The van der Waals surface area contributed by atoms with Gasteiger partial charge in [0.05, 0.1) is 7.11 Å². The van der Waals surface area contributed by atoms with E-state index < -0.39 is 5.91 Å². The van der Waals surface area contributed by atoms with Crippen LogP contribution in [0.4, 0.5) is 0 Å². The minimum Gasteiger partial charge on any atom is -0.507 e. The normalized spacial score (nSPS) is 10.4. The predicted molar refractivity (Wildman–Crippen MR) is 52.9 cm³/mol. The lowest BCUT2D eigenvalue weighted by molar-refractivity contribution is -0.113. The number of carbonyl (C=O) groups excluding carboxylic acids is 1. The second-order valence-corrected chi connectivity index (χ2v) is 2.66. The van der Waals surface area contributed by atoms with Gasteiger partial charge in [-0.25, -0.2) is 0 Å². The summed E-state index contributed by atoms with van der Waals surface area (Å²) in [5.41, 5.74) is 5.43. The summed E-state index contributed by atoms with van der Waals surface area (Å²) < 4.78 is 4.90. The third kappa shape index (κ3) is 2.52. The highest BCUT2D eigenvalue weighted by molar-refractivity contribution is 5.90. The van der Waals surface area contributed by atoms with Crippen LogP contribution in [0.3, 0.4) is 0 Å². The number of aromatic hydroxyl groups is 1. The molecule has 4 heteroatoms. The quantitative estimate of drug-likeness (QED) is 0.700. The Balaban J connectivity index is 2.94. The SMILES string of the molecule is COc1ccc(C=CC(N)=O)c(O)c1. The van der Waals surface area contributed by atoms with E-state index in [-0.39, 0.29) is 5.75 Å². The zero-order valence-electron chi connectivity index (χ0n) is 7.73. The Morgan fingerprint density at radius 1 is 1.57 bits per heavy atom. The maximum Gasteiger partial charge on any atom is 0.241 e. The van der Waals surface area contributed by atoms with Gasteiger partial charge in [-0.15, -0.1) is 0 Å². The number of ether oxygens (including phenoxy) is 1. The number of phenolic OH excluding ortho intramolecular Hbond substituents is 1. The fraction of sp³-hybridized carbons (Fsp3) is 0.100. The molecular formula is C10H11NO3. The van der Waals surface area contributed by atoms with Crippen molar-refractivity contribution in [2.75, 3.05) is 7.11 Å². The molecule has 0 aromatic heterocycles. The molecule has 0 unspecified atom stereocenters. The van der Waals surface area contributed by atoms with Crippen LogP contribution >= 0.6 is 0 Å². The fourth-order valence-corrected chi connectivity index (χ4v) is 0.963. The van der Waals surface area contributed by atoms with Crippen LogP contribution in [0, 0.1) is 0 Å². The molecule has 1 aromatic rings. The summed E-state index contributed by atoms with van der Waals surface area (Å²) in [5.74, 6) is 0.0424. The first kappa shape index (κ1) is 10.1. The number of methoxy groups -OCH3 is 1. The molecule has 0 saturated heterocycles. The topological polar surface area (TPSA) is 72.5 Å². The van der Waals surface area contributed by atoms with Crippen molar-refractivity contribution in [3.8, 4) is 11.5 Å². The van der Waals surface area contributed by atoms with Crippen molar-refractivity contribution >= 4 is 12.0 Å². The van der Waals surface area contributed by atoms with E-state index in [4.69, 9.17) is 10.5 Å². The Labute approximate surface area is 81.6 Å². The molecule has 1 amide bonds. The number of hydrogen-bond acceptors (Lipinski definition) is 3. The van der Waals surface area contributed by atoms with Crippen LogP contribution in [-0.4, -0.2) is 18.1 Å². The molecule has 1 aromatic carbocycles. The van der Waals surface area contributed by atoms with Crippen LogP contribution < -0.4 is 10.5 Å². The molecule has 0 aliphatic heterocycles. The lowest BCUT2D eigenvalue weighted by Crippen LogP contribution is -2.05. The van der Waals surface area contributed by atoms with Crippen molar-refractivity contribution in [2.24, 2.45) is 5.73 Å². The summed E-state index contributed by atoms with van der Waals surface area (Å²) in [6.07, 6.45) is 2.62. The average molecular weight is 193 g/mol. The molecule has 0 spiro atoms. The van der Waals surface area contributed by atoms with Gasteiger partial charge in [0.2, 0.25) is 5.91 Å². The molecule has 0 radical (unpaired) electrons. The highest BCUT2D eigenvalue weighted by Crippen LogP contribution is 2.24. The largest absolute Gasteiger partial charge is 0.507 e. The number of primary amides is 1. The Hall–Kier alpha value is -1.97. The van der Waals surface area contributed by atoms with E-state index in [1.54, 1.807) is 12.1 Å². The molecule has 0 atom stereocenters. The zero-order chi connectivity index (χ0) is 10.6. The van der Waals surface area contributed by atoms with Crippen LogP contribution in [0.5, 0.6) is 11.5 Å². The van der Waals surface area contributed by atoms with Gasteiger partial charge < -0.3 is 15.6 Å². The third-order valence-corrected chi connectivity index (χ3v) is 1.66. The minimum atomic E-state index is -0.555. The molecular weight excluding hydrogens is 182 g/mol. The number of carbonyl (C=O) groups is 1. The van der Waals surface area contributed by atoms with E-state index in [2.05, 4.69) is 0 Å². The summed E-state index contributed by atoms with van der Waals surface area (Å²) >= 11 is 0. The fourth-order valence-electron chi connectivity index (χ4n) is 0.963. The summed E-state index contributed by atoms with van der Waals surface area (Å²) in [7, 11) is 1.51. The maximum absolute atomic E-state index is 10.4. The Kier molecular flexibility index (Phi) is 3.12. The van der Waals surface area contributed by atoms with Crippen LogP contribution in [0.25, 0.3) is 6.08 Å². The molecule has 4 nitrogen and oxygen atoms in total. The first-order valence-electron chi connectivity index (χ1n) is 3.98. The van der Waals surface area contributed by atoms with Gasteiger partial charge >= 0.3 is 0 Å². The van der Waals surface area contributed by atoms with Crippen molar-refractivity contribution in [2.45, 2.75) is 0 Å². The van der Waals surface area contributed by atoms with Crippen molar-refractivity contribution in [1.82, 2.24) is 0 Å². The summed E-state index contributed by atoms with van der Waals surface area (Å²) in [6, 6.07) is 4.77.